The second-order valence-corrected chi connectivity index (χ2v) is 5.26. The van der Waals surface area contributed by atoms with Gasteiger partial charge in [0.1, 0.15) is 12.3 Å². The van der Waals surface area contributed by atoms with E-state index in [4.69, 9.17) is 0 Å². The molecule has 3 N–H and O–H groups in total. The number of benzene rings is 1. The van der Waals surface area contributed by atoms with E-state index in [0.29, 0.717) is 13.1 Å². The summed E-state index contributed by atoms with van der Waals surface area (Å²) in [6, 6.07) is 6.98. The topological polar surface area (TPSA) is 85.1 Å². The zero-order chi connectivity index (χ0) is 12.0. The van der Waals surface area contributed by atoms with E-state index >= 15 is 0 Å². The first-order valence-electron chi connectivity index (χ1n) is 4.96. The molecule has 0 aliphatic heterocycles. The van der Waals surface area contributed by atoms with Crippen LogP contribution in [0.15, 0.2) is 24.3 Å². The molecule has 0 bridgehead atoms. The average Bonchev–Trinajstić information content (AvgIpc) is 2.15. The van der Waals surface area contributed by atoms with Crippen molar-refractivity contribution < 1.29 is 18.8 Å². The van der Waals surface area contributed by atoms with E-state index in [1.165, 1.54) is 0 Å². The van der Waals surface area contributed by atoms with Crippen molar-refractivity contribution in [3.05, 3.63) is 34.6 Å². The van der Waals surface area contributed by atoms with Crippen LogP contribution in [-0.4, -0.2) is 32.9 Å². The van der Waals surface area contributed by atoms with Crippen molar-refractivity contribution in [1.29, 1.82) is 0 Å². The number of nitrogens with zero attached hydrogens (tertiary/aromatic N) is 1. The van der Waals surface area contributed by atoms with Gasteiger partial charge in [0.2, 0.25) is 0 Å². The standard InChI is InChI=1S/C10H15N2O3S/c1-16(14,15)12-6-5-11-8-9-3-2-4-10(13)7-9/h2-4,7,11,13H,5-6,8H2,1H3/q-1/p+1. The number of quaternary nitrogens is 1. The first kappa shape index (κ1) is 13.0. The third-order valence-corrected chi connectivity index (χ3v) is 2.60. The van der Waals surface area contributed by atoms with Gasteiger partial charge in [-0.1, -0.05) is 18.7 Å². The summed E-state index contributed by atoms with van der Waals surface area (Å²) < 4.78 is 24.9. The minimum absolute atomic E-state index is 0.242. The van der Waals surface area contributed by atoms with Crippen LogP contribution in [0.2, 0.25) is 0 Å². The smallest absolute Gasteiger partial charge is 0.116 e. The Hall–Kier alpha value is -1.11. The molecule has 16 heavy (non-hydrogen) atoms. The summed E-state index contributed by atoms with van der Waals surface area (Å²) in [5.74, 6) is 0.242. The lowest BCUT2D eigenvalue weighted by Crippen LogP contribution is -2.83. The molecule has 0 atom stereocenters. The van der Waals surface area contributed by atoms with Crippen LogP contribution < -0.4 is 5.32 Å². The highest BCUT2D eigenvalue weighted by Crippen LogP contribution is 2.09. The van der Waals surface area contributed by atoms with Crippen molar-refractivity contribution in [3.63, 3.8) is 0 Å². The third kappa shape index (κ3) is 5.69. The summed E-state index contributed by atoms with van der Waals surface area (Å²) in [6.45, 7) is 1.61. The van der Waals surface area contributed by atoms with Gasteiger partial charge in [-0.3, -0.25) is 0 Å². The molecule has 1 aromatic carbocycles. The van der Waals surface area contributed by atoms with E-state index in [1.807, 2.05) is 11.4 Å². The number of phenolic OH excluding ortho intramolecular Hbond substituents is 1. The third-order valence-electron chi connectivity index (χ3n) is 1.95. The molecule has 6 heteroatoms. The fourth-order valence-electron chi connectivity index (χ4n) is 1.26. The van der Waals surface area contributed by atoms with Crippen LogP contribution in [0.5, 0.6) is 5.75 Å². The summed E-state index contributed by atoms with van der Waals surface area (Å²) >= 11 is 0. The van der Waals surface area contributed by atoms with Gasteiger partial charge in [-0.2, -0.15) is 0 Å². The predicted octanol–water partition coefficient (Wildman–Crippen LogP) is -0.211. The van der Waals surface area contributed by atoms with E-state index in [0.717, 1.165) is 11.8 Å². The van der Waals surface area contributed by atoms with Gasteiger partial charge >= 0.3 is 0 Å². The van der Waals surface area contributed by atoms with Crippen LogP contribution in [0.4, 0.5) is 0 Å². The SMILES string of the molecule is CS(=O)(=O)[N-]CC[NH2+]Cc1cccc(O)c1. The van der Waals surface area contributed by atoms with Crippen LogP contribution in [0.3, 0.4) is 0 Å². The molecule has 1 rings (SSSR count). The Balaban J connectivity index is 2.21. The Bertz CT molecular complexity index is 431. The first-order chi connectivity index (χ1) is 7.47. The average molecular weight is 244 g/mol. The summed E-state index contributed by atoms with van der Waals surface area (Å²) in [4.78, 5) is 0. The van der Waals surface area contributed by atoms with Crippen LogP contribution >= 0.6 is 0 Å². The van der Waals surface area contributed by atoms with Crippen LogP contribution in [-0.2, 0) is 16.6 Å². The molecule has 0 heterocycles. The lowest BCUT2D eigenvalue weighted by atomic mass is 10.2. The van der Waals surface area contributed by atoms with Gasteiger partial charge in [0, 0.05) is 11.8 Å². The van der Waals surface area contributed by atoms with E-state index in [-0.39, 0.29) is 12.3 Å². The maximum atomic E-state index is 10.7. The maximum Gasteiger partial charge on any atom is 0.116 e. The Kier molecular flexibility index (Phi) is 4.72. The lowest BCUT2D eigenvalue weighted by Gasteiger charge is -2.14. The van der Waals surface area contributed by atoms with Gasteiger partial charge in [-0.15, -0.1) is 0 Å². The molecule has 0 fully saturated rings. The second-order valence-electron chi connectivity index (χ2n) is 3.54. The highest BCUT2D eigenvalue weighted by molar-refractivity contribution is 7.93. The van der Waals surface area contributed by atoms with Crippen LogP contribution in [0, 0.1) is 0 Å². The number of aromatic hydroxyl groups is 1. The maximum absolute atomic E-state index is 10.7. The predicted molar refractivity (Wildman–Crippen MR) is 61.7 cm³/mol. The summed E-state index contributed by atoms with van der Waals surface area (Å²) in [6.07, 6.45) is 1.09. The molecule has 0 amide bonds. The van der Waals surface area contributed by atoms with Crippen LogP contribution in [0.1, 0.15) is 5.56 Å². The molecular formula is C10H16N2O3S. The fourth-order valence-corrected chi connectivity index (χ4v) is 1.70. The molecule has 0 spiro atoms. The Morgan fingerprint density at radius 1 is 1.44 bits per heavy atom. The molecular weight excluding hydrogens is 228 g/mol. The normalized spacial score (nSPS) is 11.6. The van der Waals surface area contributed by atoms with Gasteiger partial charge in [-0.05, 0) is 12.1 Å². The molecule has 0 aliphatic rings. The number of rotatable bonds is 6. The minimum Gasteiger partial charge on any atom is -0.545 e. The zero-order valence-corrected chi connectivity index (χ0v) is 9.94. The Labute approximate surface area is 95.5 Å². The lowest BCUT2D eigenvalue weighted by molar-refractivity contribution is -0.667. The number of hydrogen-bond acceptors (Lipinski definition) is 3. The molecule has 0 radical (unpaired) electrons. The molecule has 0 saturated heterocycles. The minimum atomic E-state index is -3.21. The van der Waals surface area contributed by atoms with Crippen molar-refractivity contribution >= 4 is 10.0 Å². The van der Waals surface area contributed by atoms with Gasteiger partial charge < -0.3 is 15.1 Å². The molecule has 0 saturated carbocycles. The Morgan fingerprint density at radius 2 is 2.19 bits per heavy atom. The first-order valence-corrected chi connectivity index (χ1v) is 6.80. The zero-order valence-electron chi connectivity index (χ0n) is 9.13. The number of phenols is 1. The van der Waals surface area contributed by atoms with E-state index in [1.54, 1.807) is 18.2 Å². The number of hydrogen-bond donors (Lipinski definition) is 2. The van der Waals surface area contributed by atoms with E-state index in [2.05, 4.69) is 4.72 Å². The van der Waals surface area contributed by atoms with E-state index in [9.17, 15) is 13.5 Å². The highest BCUT2D eigenvalue weighted by atomic mass is 32.2. The molecule has 0 aliphatic carbocycles. The monoisotopic (exact) mass is 244 g/mol. The Morgan fingerprint density at radius 3 is 2.81 bits per heavy atom. The quantitative estimate of drug-likeness (QED) is 0.679. The largest absolute Gasteiger partial charge is 0.545 e. The number of nitrogens with two attached hydrogens (primary N) is 1. The van der Waals surface area contributed by atoms with Crippen molar-refractivity contribution in [3.8, 4) is 5.75 Å². The molecule has 1 aromatic rings. The van der Waals surface area contributed by atoms with Gasteiger partial charge in [0.25, 0.3) is 0 Å². The molecule has 90 valence electrons. The van der Waals surface area contributed by atoms with Crippen molar-refractivity contribution in [2.24, 2.45) is 0 Å². The van der Waals surface area contributed by atoms with Crippen molar-refractivity contribution in [1.82, 2.24) is 0 Å². The molecule has 5 nitrogen and oxygen atoms in total. The van der Waals surface area contributed by atoms with Gasteiger partial charge in [-0.25, -0.2) is 8.42 Å². The molecule has 0 aromatic heterocycles. The summed E-state index contributed by atoms with van der Waals surface area (Å²) in [5.41, 5.74) is 0.999. The summed E-state index contributed by atoms with van der Waals surface area (Å²) in [7, 11) is -3.21. The molecule has 0 unspecified atom stereocenters. The number of sulfonamides is 1. The van der Waals surface area contributed by atoms with E-state index < -0.39 is 10.0 Å². The van der Waals surface area contributed by atoms with Gasteiger partial charge in [0.15, 0.2) is 0 Å². The summed E-state index contributed by atoms with van der Waals surface area (Å²) in [5, 5.41) is 11.2. The fraction of sp³-hybridized carbons (Fsp3) is 0.400. The second kappa shape index (κ2) is 5.83. The highest BCUT2D eigenvalue weighted by Gasteiger charge is 1.95. The van der Waals surface area contributed by atoms with Crippen molar-refractivity contribution in [2.45, 2.75) is 6.54 Å². The van der Waals surface area contributed by atoms with Crippen LogP contribution in [0.25, 0.3) is 4.72 Å². The van der Waals surface area contributed by atoms with Crippen molar-refractivity contribution in [2.75, 3.05) is 19.3 Å². The van der Waals surface area contributed by atoms with Gasteiger partial charge in [0.05, 0.1) is 16.6 Å².